The minimum absolute atomic E-state index is 0.0336. The molecule has 0 saturated carbocycles. The first kappa shape index (κ1) is 15.4. The number of rotatable bonds is 5. The van der Waals surface area contributed by atoms with Gasteiger partial charge in [0, 0.05) is 5.38 Å². The van der Waals surface area contributed by atoms with Gasteiger partial charge in [0.15, 0.2) is 0 Å². The Labute approximate surface area is 125 Å². The van der Waals surface area contributed by atoms with Gasteiger partial charge < -0.3 is 5.32 Å². The third kappa shape index (κ3) is 4.28. The van der Waals surface area contributed by atoms with Gasteiger partial charge in [-0.1, -0.05) is 19.8 Å². The van der Waals surface area contributed by atoms with Gasteiger partial charge in [-0.25, -0.2) is 4.98 Å². The number of nitrogens with zero attached hydrogens (tertiary/aromatic N) is 2. The summed E-state index contributed by atoms with van der Waals surface area (Å²) in [6.45, 7) is 3.74. The summed E-state index contributed by atoms with van der Waals surface area (Å²) in [4.78, 5) is 19.0. The lowest BCUT2D eigenvalue weighted by atomic mass is 10.1. The molecular formula is C15H25N3OS. The van der Waals surface area contributed by atoms with Crippen molar-refractivity contribution in [3.05, 3.63) is 16.1 Å². The molecule has 0 aromatic carbocycles. The highest BCUT2D eigenvalue weighted by atomic mass is 32.1. The molecule has 0 radical (unpaired) electrons. The van der Waals surface area contributed by atoms with Crippen LogP contribution in [0.2, 0.25) is 0 Å². The number of hydrogen-bond acceptors (Lipinski definition) is 4. The van der Waals surface area contributed by atoms with Crippen LogP contribution in [-0.2, 0) is 17.8 Å². The zero-order valence-electron chi connectivity index (χ0n) is 12.5. The van der Waals surface area contributed by atoms with Gasteiger partial charge in [-0.05, 0) is 39.3 Å². The van der Waals surface area contributed by atoms with Crippen molar-refractivity contribution in [1.82, 2.24) is 15.2 Å². The molecule has 1 aromatic heterocycles. The molecule has 4 nitrogen and oxygen atoms in total. The van der Waals surface area contributed by atoms with E-state index in [-0.39, 0.29) is 11.9 Å². The fourth-order valence-corrected chi connectivity index (χ4v) is 3.54. The van der Waals surface area contributed by atoms with E-state index in [0.29, 0.717) is 6.54 Å². The molecule has 0 aliphatic carbocycles. The number of carbonyl (C=O) groups is 1. The van der Waals surface area contributed by atoms with E-state index in [9.17, 15) is 4.79 Å². The fraction of sp³-hybridized carbons (Fsp3) is 0.733. The average Bonchev–Trinajstić information content (AvgIpc) is 2.77. The topological polar surface area (TPSA) is 45.2 Å². The molecule has 2 rings (SSSR count). The van der Waals surface area contributed by atoms with Crippen LogP contribution in [0.3, 0.4) is 0 Å². The van der Waals surface area contributed by atoms with Gasteiger partial charge in [0.1, 0.15) is 0 Å². The molecule has 0 spiro atoms. The molecule has 5 heteroatoms. The standard InChI is InChI=1S/C15H25N3OS/c1-3-7-14-17-12(11-20-14)10-16-15(19)13-8-5-4-6-9-18(13)2/h11,13H,3-10H2,1-2H3,(H,16,19). The summed E-state index contributed by atoms with van der Waals surface area (Å²) in [6.07, 6.45) is 6.71. The van der Waals surface area contributed by atoms with E-state index >= 15 is 0 Å². The van der Waals surface area contributed by atoms with Crippen LogP contribution in [-0.4, -0.2) is 35.4 Å². The normalized spacial score (nSPS) is 20.6. The number of nitrogens with one attached hydrogen (secondary N) is 1. The maximum Gasteiger partial charge on any atom is 0.237 e. The first-order valence-corrected chi connectivity index (χ1v) is 8.50. The van der Waals surface area contributed by atoms with Gasteiger partial charge in [0.25, 0.3) is 0 Å². The summed E-state index contributed by atoms with van der Waals surface area (Å²) in [6, 6.07) is 0.0336. The van der Waals surface area contributed by atoms with Crippen molar-refractivity contribution in [2.45, 2.75) is 58.0 Å². The largest absolute Gasteiger partial charge is 0.349 e. The minimum Gasteiger partial charge on any atom is -0.349 e. The van der Waals surface area contributed by atoms with E-state index in [1.54, 1.807) is 11.3 Å². The van der Waals surface area contributed by atoms with E-state index < -0.39 is 0 Å². The molecule has 1 aliphatic heterocycles. The fourth-order valence-electron chi connectivity index (χ4n) is 2.64. The lowest BCUT2D eigenvalue weighted by Crippen LogP contribution is -2.44. The van der Waals surface area contributed by atoms with E-state index in [2.05, 4.69) is 34.6 Å². The minimum atomic E-state index is 0.0336. The Bertz CT molecular complexity index is 433. The van der Waals surface area contributed by atoms with E-state index in [1.165, 1.54) is 17.8 Å². The second-order valence-corrected chi connectivity index (χ2v) is 6.49. The van der Waals surface area contributed by atoms with Crippen molar-refractivity contribution in [3.63, 3.8) is 0 Å². The highest BCUT2D eigenvalue weighted by molar-refractivity contribution is 7.09. The van der Waals surface area contributed by atoms with Crippen LogP contribution in [0.5, 0.6) is 0 Å². The van der Waals surface area contributed by atoms with Crippen molar-refractivity contribution in [2.24, 2.45) is 0 Å². The van der Waals surface area contributed by atoms with Crippen molar-refractivity contribution < 1.29 is 4.79 Å². The summed E-state index contributed by atoms with van der Waals surface area (Å²) in [5.74, 6) is 0.152. The molecule has 0 bridgehead atoms. The molecule has 112 valence electrons. The molecule has 1 atom stereocenters. The summed E-state index contributed by atoms with van der Waals surface area (Å²) in [5, 5.41) is 6.27. The van der Waals surface area contributed by atoms with E-state index in [4.69, 9.17) is 0 Å². The van der Waals surface area contributed by atoms with Crippen molar-refractivity contribution in [1.29, 1.82) is 0 Å². The van der Waals surface area contributed by atoms with Crippen LogP contribution in [0, 0.1) is 0 Å². The first-order valence-electron chi connectivity index (χ1n) is 7.62. The number of likely N-dealkylation sites (N-methyl/N-ethyl adjacent to an activating group) is 1. The Morgan fingerprint density at radius 2 is 2.35 bits per heavy atom. The second-order valence-electron chi connectivity index (χ2n) is 5.55. The van der Waals surface area contributed by atoms with E-state index in [1.807, 2.05) is 0 Å². The number of hydrogen-bond donors (Lipinski definition) is 1. The van der Waals surface area contributed by atoms with Gasteiger partial charge in [-0.3, -0.25) is 9.69 Å². The Balaban J connectivity index is 1.83. The van der Waals surface area contributed by atoms with Gasteiger partial charge in [-0.15, -0.1) is 11.3 Å². The molecule has 1 unspecified atom stereocenters. The zero-order chi connectivity index (χ0) is 14.4. The van der Waals surface area contributed by atoms with Crippen molar-refractivity contribution in [2.75, 3.05) is 13.6 Å². The lowest BCUT2D eigenvalue weighted by molar-refractivity contribution is -0.126. The number of aryl methyl sites for hydroxylation is 1. The Morgan fingerprint density at radius 3 is 3.15 bits per heavy atom. The molecule has 1 aromatic rings. The van der Waals surface area contributed by atoms with Gasteiger partial charge in [0.05, 0.1) is 23.3 Å². The van der Waals surface area contributed by atoms with Crippen LogP contribution >= 0.6 is 11.3 Å². The molecule has 1 fully saturated rings. The second kappa shape index (κ2) is 7.74. The van der Waals surface area contributed by atoms with Crippen LogP contribution in [0.4, 0.5) is 0 Å². The first-order chi connectivity index (χ1) is 9.70. The zero-order valence-corrected chi connectivity index (χ0v) is 13.3. The smallest absolute Gasteiger partial charge is 0.237 e. The van der Waals surface area contributed by atoms with Gasteiger partial charge in [-0.2, -0.15) is 0 Å². The summed E-state index contributed by atoms with van der Waals surface area (Å²) in [5.41, 5.74) is 0.989. The van der Waals surface area contributed by atoms with Crippen LogP contribution in [0.1, 0.15) is 49.7 Å². The maximum absolute atomic E-state index is 12.3. The molecule has 1 saturated heterocycles. The molecular weight excluding hydrogens is 270 g/mol. The van der Waals surface area contributed by atoms with E-state index in [0.717, 1.165) is 37.9 Å². The number of carbonyl (C=O) groups excluding carboxylic acids is 1. The lowest BCUT2D eigenvalue weighted by Gasteiger charge is -2.24. The average molecular weight is 295 g/mol. The third-order valence-corrected chi connectivity index (χ3v) is 4.79. The summed E-state index contributed by atoms with van der Waals surface area (Å²) in [7, 11) is 2.05. The molecule has 2 heterocycles. The summed E-state index contributed by atoms with van der Waals surface area (Å²) < 4.78 is 0. The van der Waals surface area contributed by atoms with Crippen LogP contribution in [0.25, 0.3) is 0 Å². The van der Waals surface area contributed by atoms with Crippen LogP contribution in [0.15, 0.2) is 5.38 Å². The monoisotopic (exact) mass is 295 g/mol. The quantitative estimate of drug-likeness (QED) is 0.908. The SMILES string of the molecule is CCCc1nc(CNC(=O)C2CCCCCN2C)cs1. The maximum atomic E-state index is 12.3. The van der Waals surface area contributed by atoms with Crippen molar-refractivity contribution >= 4 is 17.2 Å². The highest BCUT2D eigenvalue weighted by Crippen LogP contribution is 2.16. The van der Waals surface area contributed by atoms with Gasteiger partial charge >= 0.3 is 0 Å². The Kier molecular flexibility index (Phi) is 5.98. The summed E-state index contributed by atoms with van der Waals surface area (Å²) >= 11 is 1.69. The number of aromatic nitrogens is 1. The third-order valence-electron chi connectivity index (χ3n) is 3.83. The van der Waals surface area contributed by atoms with Crippen molar-refractivity contribution in [3.8, 4) is 0 Å². The Hall–Kier alpha value is -0.940. The molecule has 1 amide bonds. The van der Waals surface area contributed by atoms with Crippen LogP contribution < -0.4 is 5.32 Å². The Morgan fingerprint density at radius 1 is 1.50 bits per heavy atom. The predicted molar refractivity (Wildman–Crippen MR) is 82.8 cm³/mol. The molecule has 1 aliphatic rings. The number of amides is 1. The highest BCUT2D eigenvalue weighted by Gasteiger charge is 2.24. The number of thiazole rings is 1. The van der Waals surface area contributed by atoms with Gasteiger partial charge in [0.2, 0.25) is 5.91 Å². The molecule has 20 heavy (non-hydrogen) atoms. The molecule has 1 N–H and O–H groups in total. The predicted octanol–water partition coefficient (Wildman–Crippen LogP) is 2.59. The number of likely N-dealkylation sites (tertiary alicyclic amines) is 1.